The summed E-state index contributed by atoms with van der Waals surface area (Å²) in [5.41, 5.74) is 1.03. The Hall–Kier alpha value is -2.12. The number of anilines is 1. The van der Waals surface area contributed by atoms with E-state index in [9.17, 15) is 14.7 Å². The van der Waals surface area contributed by atoms with E-state index in [4.69, 9.17) is 4.74 Å². The summed E-state index contributed by atoms with van der Waals surface area (Å²) in [5.74, 6) is 0.0896. The van der Waals surface area contributed by atoms with Crippen molar-refractivity contribution in [2.24, 2.45) is 5.92 Å². The van der Waals surface area contributed by atoms with E-state index in [1.54, 1.807) is 18.2 Å². The lowest BCUT2D eigenvalue weighted by atomic mass is 10.1. The molecule has 3 rings (SSSR count). The van der Waals surface area contributed by atoms with Crippen molar-refractivity contribution >= 4 is 17.5 Å². The lowest BCUT2D eigenvalue weighted by Crippen LogP contribution is -2.34. The van der Waals surface area contributed by atoms with E-state index in [2.05, 4.69) is 16.0 Å². The summed E-state index contributed by atoms with van der Waals surface area (Å²) >= 11 is 0. The molecule has 2 amide bonds. The number of aliphatic hydroxyl groups excluding tert-OH is 1. The molecule has 2 aliphatic heterocycles. The first kappa shape index (κ1) is 13.8. The number of rotatable bonds is 3. The second kappa shape index (κ2) is 5.71. The van der Waals surface area contributed by atoms with Crippen molar-refractivity contribution in [2.75, 3.05) is 31.6 Å². The maximum atomic E-state index is 12.1. The summed E-state index contributed by atoms with van der Waals surface area (Å²) in [6.07, 6.45) is -0.424. The van der Waals surface area contributed by atoms with Gasteiger partial charge in [-0.05, 0) is 18.2 Å². The highest BCUT2D eigenvalue weighted by Crippen LogP contribution is 2.28. The molecule has 1 aromatic carbocycles. The van der Waals surface area contributed by atoms with Gasteiger partial charge in [-0.15, -0.1) is 0 Å². The third kappa shape index (κ3) is 2.98. The van der Waals surface area contributed by atoms with E-state index in [0.29, 0.717) is 36.6 Å². The van der Waals surface area contributed by atoms with Crippen LogP contribution in [0.15, 0.2) is 18.2 Å². The van der Waals surface area contributed by atoms with Gasteiger partial charge >= 0.3 is 0 Å². The first-order valence-corrected chi connectivity index (χ1v) is 6.87. The van der Waals surface area contributed by atoms with Crippen molar-refractivity contribution in [1.29, 1.82) is 0 Å². The van der Waals surface area contributed by atoms with Crippen LogP contribution in [0.3, 0.4) is 0 Å². The van der Waals surface area contributed by atoms with Gasteiger partial charge in [-0.3, -0.25) is 9.59 Å². The van der Waals surface area contributed by atoms with E-state index >= 15 is 0 Å². The minimum absolute atomic E-state index is 0.0297. The maximum absolute atomic E-state index is 12.1. The Bertz CT molecular complexity index is 575. The van der Waals surface area contributed by atoms with Crippen LogP contribution in [0.5, 0.6) is 5.75 Å². The second-order valence-corrected chi connectivity index (χ2v) is 5.24. The van der Waals surface area contributed by atoms with Crippen molar-refractivity contribution in [3.05, 3.63) is 23.8 Å². The largest absolute Gasteiger partial charge is 0.482 e. The lowest BCUT2D eigenvalue weighted by Gasteiger charge is -2.19. The molecule has 0 bridgehead atoms. The molecule has 4 N–H and O–H groups in total. The minimum atomic E-state index is -0.424. The van der Waals surface area contributed by atoms with Gasteiger partial charge in [-0.25, -0.2) is 0 Å². The molecule has 112 valence electrons. The van der Waals surface area contributed by atoms with Gasteiger partial charge in [0.1, 0.15) is 5.75 Å². The van der Waals surface area contributed by atoms with Crippen molar-refractivity contribution < 1.29 is 19.4 Å². The number of carbonyl (C=O) groups excluding carboxylic acids is 2. The molecule has 21 heavy (non-hydrogen) atoms. The van der Waals surface area contributed by atoms with E-state index in [-0.39, 0.29) is 24.3 Å². The van der Waals surface area contributed by atoms with Gasteiger partial charge in [0.05, 0.1) is 11.8 Å². The molecule has 7 heteroatoms. The lowest BCUT2D eigenvalue weighted by molar-refractivity contribution is -0.118. The van der Waals surface area contributed by atoms with Gasteiger partial charge in [0.25, 0.3) is 11.8 Å². The zero-order valence-corrected chi connectivity index (χ0v) is 11.4. The molecule has 0 radical (unpaired) electrons. The van der Waals surface area contributed by atoms with Gasteiger partial charge in [0, 0.05) is 31.1 Å². The summed E-state index contributed by atoms with van der Waals surface area (Å²) in [5, 5.41) is 18.2. The molecule has 1 saturated heterocycles. The fraction of sp³-hybridized carbons (Fsp3) is 0.429. The van der Waals surface area contributed by atoms with Crippen LogP contribution < -0.4 is 20.7 Å². The number of hydrogen-bond donors (Lipinski definition) is 4. The molecule has 0 aliphatic carbocycles. The quantitative estimate of drug-likeness (QED) is 0.592. The van der Waals surface area contributed by atoms with Gasteiger partial charge in [-0.1, -0.05) is 0 Å². The fourth-order valence-corrected chi connectivity index (χ4v) is 2.47. The zero-order chi connectivity index (χ0) is 14.8. The number of nitrogens with one attached hydrogen (secondary N) is 3. The Morgan fingerprint density at radius 3 is 3.05 bits per heavy atom. The van der Waals surface area contributed by atoms with Gasteiger partial charge in [0.15, 0.2) is 6.61 Å². The first-order chi connectivity index (χ1) is 10.1. The van der Waals surface area contributed by atoms with Crippen molar-refractivity contribution in [2.45, 2.75) is 6.10 Å². The van der Waals surface area contributed by atoms with Crippen LogP contribution in [-0.2, 0) is 4.79 Å². The van der Waals surface area contributed by atoms with E-state index in [1.165, 1.54) is 0 Å². The average molecular weight is 291 g/mol. The van der Waals surface area contributed by atoms with Gasteiger partial charge in [-0.2, -0.15) is 0 Å². The average Bonchev–Trinajstić information content (AvgIpc) is 2.89. The highest BCUT2D eigenvalue weighted by atomic mass is 16.5. The number of benzene rings is 1. The molecule has 7 nitrogen and oxygen atoms in total. The summed E-state index contributed by atoms with van der Waals surface area (Å²) in [6, 6.07) is 4.88. The zero-order valence-electron chi connectivity index (χ0n) is 11.4. The number of amides is 2. The molecule has 2 atom stereocenters. The summed E-state index contributed by atoms with van der Waals surface area (Å²) in [7, 11) is 0. The number of carbonyl (C=O) groups is 2. The molecule has 1 fully saturated rings. The predicted molar refractivity (Wildman–Crippen MR) is 75.3 cm³/mol. The smallest absolute Gasteiger partial charge is 0.262 e. The molecular weight excluding hydrogens is 274 g/mol. The monoisotopic (exact) mass is 291 g/mol. The van der Waals surface area contributed by atoms with Crippen molar-refractivity contribution in [1.82, 2.24) is 10.6 Å². The third-order valence-electron chi connectivity index (χ3n) is 3.71. The van der Waals surface area contributed by atoms with Crippen molar-refractivity contribution in [3.63, 3.8) is 0 Å². The number of aliphatic hydroxyl groups is 1. The SMILES string of the molecule is O=C1COc2cc(C(=O)NCC3CNCC3O)ccc2N1. The Labute approximate surface area is 121 Å². The second-order valence-electron chi connectivity index (χ2n) is 5.24. The van der Waals surface area contributed by atoms with Crippen LogP contribution in [0, 0.1) is 5.92 Å². The Kier molecular flexibility index (Phi) is 3.76. The summed E-state index contributed by atoms with van der Waals surface area (Å²) < 4.78 is 5.28. The Balaban J connectivity index is 1.63. The van der Waals surface area contributed by atoms with Gasteiger partial charge < -0.3 is 25.8 Å². The number of β-amino-alcohol motifs (C(OH)–C–C–N with tert-alkyl or cyclic N) is 1. The molecule has 2 unspecified atom stereocenters. The van der Waals surface area contributed by atoms with Crippen LogP contribution in [0.1, 0.15) is 10.4 Å². The van der Waals surface area contributed by atoms with Crippen LogP contribution in [0.2, 0.25) is 0 Å². The molecule has 1 aromatic rings. The highest BCUT2D eigenvalue weighted by Gasteiger charge is 2.25. The summed E-state index contributed by atoms with van der Waals surface area (Å²) in [4.78, 5) is 23.3. The fourth-order valence-electron chi connectivity index (χ4n) is 2.47. The van der Waals surface area contributed by atoms with Crippen LogP contribution in [0.25, 0.3) is 0 Å². The topological polar surface area (TPSA) is 99.7 Å². The van der Waals surface area contributed by atoms with Gasteiger partial charge in [0.2, 0.25) is 0 Å². The van der Waals surface area contributed by atoms with Crippen molar-refractivity contribution in [3.8, 4) is 5.75 Å². The molecule has 0 spiro atoms. The molecule has 2 heterocycles. The normalized spacial score (nSPS) is 24.0. The number of fused-ring (bicyclic) bond motifs is 1. The predicted octanol–water partition coefficient (Wildman–Crippen LogP) is -0.672. The van der Waals surface area contributed by atoms with Crippen LogP contribution >= 0.6 is 0 Å². The maximum Gasteiger partial charge on any atom is 0.262 e. The first-order valence-electron chi connectivity index (χ1n) is 6.87. The summed E-state index contributed by atoms with van der Waals surface area (Å²) in [6.45, 7) is 1.63. The molecule has 0 aromatic heterocycles. The van der Waals surface area contributed by atoms with Crippen LogP contribution in [-0.4, -0.2) is 49.3 Å². The van der Waals surface area contributed by atoms with E-state index in [0.717, 1.165) is 0 Å². The van der Waals surface area contributed by atoms with Crippen LogP contribution in [0.4, 0.5) is 5.69 Å². The Morgan fingerprint density at radius 2 is 2.29 bits per heavy atom. The highest BCUT2D eigenvalue weighted by molar-refractivity contribution is 5.98. The number of ether oxygens (including phenoxy) is 1. The Morgan fingerprint density at radius 1 is 1.43 bits per heavy atom. The minimum Gasteiger partial charge on any atom is -0.482 e. The third-order valence-corrected chi connectivity index (χ3v) is 3.71. The van der Waals surface area contributed by atoms with E-state index in [1.807, 2.05) is 0 Å². The molecular formula is C14H17N3O4. The van der Waals surface area contributed by atoms with E-state index < -0.39 is 6.10 Å². The molecule has 2 aliphatic rings. The number of hydrogen-bond acceptors (Lipinski definition) is 5. The molecule has 0 saturated carbocycles. The standard InChI is InChI=1S/C14H17N3O4/c18-11-6-15-4-9(11)5-16-14(20)8-1-2-10-12(3-8)21-7-13(19)17-10/h1-3,9,11,15,18H,4-7H2,(H,16,20)(H,17,19).